The third kappa shape index (κ3) is 2.04. The van der Waals surface area contributed by atoms with E-state index in [1.165, 1.54) is 10.6 Å². The van der Waals surface area contributed by atoms with Crippen molar-refractivity contribution in [1.82, 2.24) is 9.88 Å². The number of carbonyl (C=O) groups excluding carboxylic acids is 2. The molecule has 0 radical (unpaired) electrons. The van der Waals surface area contributed by atoms with E-state index in [0.29, 0.717) is 34.9 Å². The quantitative estimate of drug-likeness (QED) is 0.907. The van der Waals surface area contributed by atoms with Crippen molar-refractivity contribution in [3.05, 3.63) is 68.4 Å². The fraction of sp³-hybridized carbons (Fsp3) is 0.316. The van der Waals surface area contributed by atoms with Gasteiger partial charge in [-0.05, 0) is 49.8 Å². The van der Waals surface area contributed by atoms with Crippen LogP contribution in [0.3, 0.4) is 0 Å². The van der Waals surface area contributed by atoms with E-state index in [-0.39, 0.29) is 28.5 Å². The summed E-state index contributed by atoms with van der Waals surface area (Å²) in [7, 11) is 0. The highest BCUT2D eigenvalue weighted by Gasteiger charge is 2.39. The first kappa shape index (κ1) is 14.9. The second-order valence-corrected chi connectivity index (χ2v) is 6.83. The normalized spacial score (nSPS) is 19.8. The minimum atomic E-state index is -0.297. The number of dihydropyridines is 1. The van der Waals surface area contributed by atoms with Crippen LogP contribution in [0.5, 0.6) is 0 Å². The largest absolute Gasteiger partial charge is 0.352 e. The number of fused-ring (bicyclic) bond motifs is 1. The summed E-state index contributed by atoms with van der Waals surface area (Å²) in [6.45, 7) is 7.85. The lowest BCUT2D eigenvalue weighted by atomic mass is 9.83. The van der Waals surface area contributed by atoms with Gasteiger partial charge in [0, 0.05) is 18.3 Å². The lowest BCUT2D eigenvalue weighted by Crippen LogP contribution is -2.39. The SMILES string of the molecule is C=C1C=C(C)C2=C(N1)C(=O)c1c(c(C)cc(=O)n1CC1CC1)C2=O. The molecule has 5 nitrogen and oxygen atoms in total. The van der Waals surface area contributed by atoms with Crippen LogP contribution in [0, 0.1) is 12.8 Å². The Balaban J connectivity index is 1.99. The molecule has 5 heteroatoms. The molecule has 0 amide bonds. The van der Waals surface area contributed by atoms with Crippen LogP contribution >= 0.6 is 0 Å². The van der Waals surface area contributed by atoms with Gasteiger partial charge in [0.05, 0.1) is 11.1 Å². The maximum Gasteiger partial charge on any atom is 0.251 e. The van der Waals surface area contributed by atoms with Crippen LogP contribution in [0.1, 0.15) is 46.2 Å². The van der Waals surface area contributed by atoms with Gasteiger partial charge < -0.3 is 9.88 Å². The van der Waals surface area contributed by atoms with E-state index >= 15 is 0 Å². The zero-order valence-electron chi connectivity index (χ0n) is 13.7. The molecule has 1 saturated carbocycles. The van der Waals surface area contributed by atoms with E-state index in [4.69, 9.17) is 0 Å². The highest BCUT2D eigenvalue weighted by Crippen LogP contribution is 2.35. The minimum absolute atomic E-state index is 0.199. The zero-order chi connectivity index (χ0) is 17.2. The van der Waals surface area contributed by atoms with Crippen LogP contribution in [0.25, 0.3) is 0 Å². The Labute approximate surface area is 139 Å². The van der Waals surface area contributed by atoms with Crippen LogP contribution in [-0.2, 0) is 6.54 Å². The van der Waals surface area contributed by atoms with Gasteiger partial charge in [-0.2, -0.15) is 0 Å². The number of hydrogen-bond acceptors (Lipinski definition) is 4. The molecule has 1 fully saturated rings. The fourth-order valence-electron chi connectivity index (χ4n) is 3.53. The van der Waals surface area contributed by atoms with E-state index in [9.17, 15) is 14.4 Å². The molecule has 1 aliphatic heterocycles. The third-order valence-corrected chi connectivity index (χ3v) is 4.86. The van der Waals surface area contributed by atoms with Gasteiger partial charge in [0.15, 0.2) is 5.78 Å². The molecule has 3 aliphatic rings. The first-order valence-electron chi connectivity index (χ1n) is 8.11. The zero-order valence-corrected chi connectivity index (χ0v) is 13.7. The van der Waals surface area contributed by atoms with Crippen molar-refractivity contribution in [2.24, 2.45) is 5.92 Å². The lowest BCUT2D eigenvalue weighted by molar-refractivity contribution is 0.0961. The molecule has 1 aromatic heterocycles. The summed E-state index contributed by atoms with van der Waals surface area (Å²) in [6, 6.07) is 1.46. The molecule has 0 bridgehead atoms. The molecule has 2 aliphatic carbocycles. The summed E-state index contributed by atoms with van der Waals surface area (Å²) in [5.74, 6) is -0.0752. The summed E-state index contributed by atoms with van der Waals surface area (Å²) in [6.07, 6.45) is 3.87. The minimum Gasteiger partial charge on any atom is -0.352 e. The summed E-state index contributed by atoms with van der Waals surface area (Å²) in [4.78, 5) is 38.6. The third-order valence-electron chi connectivity index (χ3n) is 4.86. The highest BCUT2D eigenvalue weighted by molar-refractivity contribution is 6.28. The molecule has 0 aromatic carbocycles. The van der Waals surface area contributed by atoms with E-state index in [1.54, 1.807) is 19.9 Å². The Bertz CT molecular complexity index is 956. The van der Waals surface area contributed by atoms with Crippen LogP contribution in [-0.4, -0.2) is 16.1 Å². The maximum atomic E-state index is 13.1. The predicted octanol–water partition coefficient (Wildman–Crippen LogP) is 2.26. The van der Waals surface area contributed by atoms with Crippen molar-refractivity contribution < 1.29 is 9.59 Å². The Kier molecular flexibility index (Phi) is 3.04. The Morgan fingerprint density at radius 1 is 1.21 bits per heavy atom. The second-order valence-electron chi connectivity index (χ2n) is 6.83. The molecule has 2 heterocycles. The molecule has 0 unspecified atom stereocenters. The van der Waals surface area contributed by atoms with Crippen molar-refractivity contribution in [2.45, 2.75) is 33.2 Å². The van der Waals surface area contributed by atoms with Gasteiger partial charge in [-0.1, -0.05) is 6.58 Å². The molecule has 4 rings (SSSR count). The lowest BCUT2D eigenvalue weighted by Gasteiger charge is -2.28. The molecule has 0 saturated heterocycles. The number of hydrogen-bond donors (Lipinski definition) is 1. The van der Waals surface area contributed by atoms with Crippen LogP contribution in [0.2, 0.25) is 0 Å². The van der Waals surface area contributed by atoms with E-state index in [2.05, 4.69) is 11.9 Å². The van der Waals surface area contributed by atoms with E-state index in [0.717, 1.165) is 18.4 Å². The summed E-state index contributed by atoms with van der Waals surface area (Å²) >= 11 is 0. The first-order chi connectivity index (χ1) is 11.4. The van der Waals surface area contributed by atoms with Crippen molar-refractivity contribution in [3.63, 3.8) is 0 Å². The van der Waals surface area contributed by atoms with Crippen molar-refractivity contribution in [3.8, 4) is 0 Å². The van der Waals surface area contributed by atoms with Gasteiger partial charge >= 0.3 is 0 Å². The van der Waals surface area contributed by atoms with Crippen LogP contribution < -0.4 is 10.9 Å². The Morgan fingerprint density at radius 3 is 2.58 bits per heavy atom. The molecule has 0 spiro atoms. The summed E-state index contributed by atoms with van der Waals surface area (Å²) in [5.41, 5.74) is 2.85. The number of nitrogens with zero attached hydrogens (tertiary/aromatic N) is 1. The van der Waals surface area contributed by atoms with Gasteiger partial charge in [0.25, 0.3) is 5.56 Å². The van der Waals surface area contributed by atoms with Crippen LogP contribution in [0.4, 0.5) is 0 Å². The second kappa shape index (κ2) is 4.90. The Hall–Kier alpha value is -2.69. The van der Waals surface area contributed by atoms with Gasteiger partial charge in [-0.15, -0.1) is 0 Å². The number of aryl methyl sites for hydroxylation is 1. The topological polar surface area (TPSA) is 68.2 Å². The summed E-state index contributed by atoms with van der Waals surface area (Å²) < 4.78 is 1.49. The molecular weight excluding hydrogens is 304 g/mol. The van der Waals surface area contributed by atoms with Gasteiger partial charge in [-0.25, -0.2) is 0 Å². The maximum absolute atomic E-state index is 13.1. The Morgan fingerprint density at radius 2 is 1.92 bits per heavy atom. The summed E-state index contributed by atoms with van der Waals surface area (Å²) in [5, 5.41) is 2.93. The van der Waals surface area contributed by atoms with E-state index in [1.807, 2.05) is 0 Å². The number of pyridine rings is 1. The van der Waals surface area contributed by atoms with Crippen molar-refractivity contribution >= 4 is 11.6 Å². The van der Waals surface area contributed by atoms with Crippen LogP contribution in [0.15, 0.2) is 46.1 Å². The number of carbonyl (C=O) groups is 2. The molecule has 24 heavy (non-hydrogen) atoms. The van der Waals surface area contributed by atoms with E-state index < -0.39 is 0 Å². The van der Waals surface area contributed by atoms with Gasteiger partial charge in [0.1, 0.15) is 11.4 Å². The average Bonchev–Trinajstić information content (AvgIpc) is 3.30. The van der Waals surface area contributed by atoms with Crippen molar-refractivity contribution in [1.29, 1.82) is 0 Å². The molecule has 1 N–H and O–H groups in total. The number of nitrogens with one attached hydrogen (secondary N) is 1. The van der Waals surface area contributed by atoms with Gasteiger partial charge in [0.2, 0.25) is 5.78 Å². The number of ketones is 2. The molecule has 0 atom stereocenters. The number of aromatic nitrogens is 1. The number of rotatable bonds is 2. The predicted molar refractivity (Wildman–Crippen MR) is 89.9 cm³/mol. The highest BCUT2D eigenvalue weighted by atomic mass is 16.1. The van der Waals surface area contributed by atoms with Gasteiger partial charge in [-0.3, -0.25) is 14.4 Å². The first-order valence-corrected chi connectivity index (χ1v) is 8.11. The molecule has 122 valence electrons. The monoisotopic (exact) mass is 322 g/mol. The molecule has 1 aromatic rings. The molecular formula is C19H18N2O3. The van der Waals surface area contributed by atoms with Crippen molar-refractivity contribution in [2.75, 3.05) is 0 Å². The number of allylic oxidation sites excluding steroid dienone is 4. The fourth-order valence-corrected chi connectivity index (χ4v) is 3.53. The standard InChI is InChI=1S/C19H18N2O3/c1-9-6-11(3)20-16-14(9)18(23)15-10(2)7-13(22)21(8-12-4-5-12)17(15)19(16)24/h6-7,12,20H,3-5,8H2,1-2H3. The average molecular weight is 322 g/mol. The number of Topliss-reactive ketones (excluding diaryl/α,β-unsaturated/α-hetero) is 2. The smallest absolute Gasteiger partial charge is 0.251 e.